The molecule has 1 spiro atoms. The molecule has 1 fully saturated rings. The van der Waals surface area contributed by atoms with E-state index in [4.69, 9.17) is 4.74 Å². The van der Waals surface area contributed by atoms with Crippen molar-refractivity contribution in [3.8, 4) is 0 Å². The second kappa shape index (κ2) is 9.68. The maximum absolute atomic E-state index is 13.5. The molecule has 1 heterocycles. The molecular formula is C28H36N2O3. The first-order valence-corrected chi connectivity index (χ1v) is 12.2. The van der Waals surface area contributed by atoms with Gasteiger partial charge in [-0.3, -0.25) is 9.59 Å². The summed E-state index contributed by atoms with van der Waals surface area (Å²) in [6.45, 7) is 6.52. The first-order chi connectivity index (χ1) is 15.8. The fourth-order valence-corrected chi connectivity index (χ4v) is 5.82. The number of amides is 1. The third-order valence-electron chi connectivity index (χ3n) is 7.07. The number of fused-ring (bicyclic) bond motifs is 2. The predicted octanol–water partition coefficient (Wildman–Crippen LogP) is 5.17. The van der Waals surface area contributed by atoms with Crippen LogP contribution in [0.2, 0.25) is 0 Å². The number of benzene rings is 2. The fourth-order valence-electron chi connectivity index (χ4n) is 5.82. The fraction of sp³-hybridized carbons (Fsp3) is 0.500. The quantitative estimate of drug-likeness (QED) is 0.453. The molecule has 2 aromatic carbocycles. The average Bonchev–Trinajstić information content (AvgIpc) is 3.06. The lowest BCUT2D eigenvalue weighted by molar-refractivity contribution is -0.153. The molecule has 4 rings (SSSR count). The molecule has 2 aromatic rings. The second-order valence-corrected chi connectivity index (χ2v) is 10.4. The zero-order chi connectivity index (χ0) is 23.5. The highest BCUT2D eigenvalue weighted by atomic mass is 16.6. The van der Waals surface area contributed by atoms with E-state index in [2.05, 4.69) is 41.0 Å². The van der Waals surface area contributed by atoms with Gasteiger partial charge in [-0.1, -0.05) is 61.4 Å². The van der Waals surface area contributed by atoms with Crippen LogP contribution in [0.25, 0.3) is 0 Å². The molecular weight excluding hydrogens is 412 g/mol. The smallest absolute Gasteiger partial charge is 0.320 e. The predicted molar refractivity (Wildman–Crippen MR) is 131 cm³/mol. The minimum absolute atomic E-state index is 0.149. The summed E-state index contributed by atoms with van der Waals surface area (Å²) >= 11 is 0. The van der Waals surface area contributed by atoms with Crippen LogP contribution in [0.15, 0.2) is 54.6 Å². The van der Waals surface area contributed by atoms with E-state index >= 15 is 0 Å². The molecule has 1 amide bonds. The van der Waals surface area contributed by atoms with Gasteiger partial charge < -0.3 is 15.4 Å². The van der Waals surface area contributed by atoms with Crippen molar-refractivity contribution >= 4 is 17.6 Å². The van der Waals surface area contributed by atoms with E-state index in [1.807, 2.05) is 45.0 Å². The van der Waals surface area contributed by atoms with Gasteiger partial charge >= 0.3 is 5.97 Å². The molecule has 33 heavy (non-hydrogen) atoms. The van der Waals surface area contributed by atoms with Crippen molar-refractivity contribution in [1.82, 2.24) is 5.32 Å². The molecule has 0 radical (unpaired) electrons. The Morgan fingerprint density at radius 2 is 1.85 bits per heavy atom. The highest BCUT2D eigenvalue weighted by Crippen LogP contribution is 2.55. The summed E-state index contributed by atoms with van der Waals surface area (Å²) in [4.78, 5) is 25.6. The van der Waals surface area contributed by atoms with E-state index in [0.717, 1.165) is 43.4 Å². The summed E-state index contributed by atoms with van der Waals surface area (Å²) in [6, 6.07) is 18.7. The van der Waals surface area contributed by atoms with E-state index < -0.39 is 11.0 Å². The van der Waals surface area contributed by atoms with Gasteiger partial charge in [0, 0.05) is 5.69 Å². The zero-order valence-corrected chi connectivity index (χ0v) is 20.0. The molecule has 2 aliphatic rings. The van der Waals surface area contributed by atoms with Gasteiger partial charge in [0.1, 0.15) is 5.60 Å². The van der Waals surface area contributed by atoms with Gasteiger partial charge in [0.25, 0.3) is 0 Å². The largest absolute Gasteiger partial charge is 0.459 e. The molecule has 0 saturated heterocycles. The van der Waals surface area contributed by atoms with Crippen LogP contribution in [-0.2, 0) is 19.7 Å². The lowest BCUT2D eigenvalue weighted by atomic mass is 9.57. The minimum atomic E-state index is -0.486. The highest BCUT2D eigenvalue weighted by molar-refractivity contribution is 6.06. The number of nitrogens with one attached hydrogen (secondary N) is 2. The number of carbonyl (C=O) groups is 2. The Hall–Kier alpha value is -2.66. The monoisotopic (exact) mass is 448 g/mol. The number of anilines is 1. The molecule has 176 valence electrons. The maximum Gasteiger partial charge on any atom is 0.320 e. The van der Waals surface area contributed by atoms with Crippen LogP contribution < -0.4 is 10.6 Å². The van der Waals surface area contributed by atoms with E-state index in [-0.39, 0.29) is 30.3 Å². The molecule has 3 unspecified atom stereocenters. The summed E-state index contributed by atoms with van der Waals surface area (Å²) in [6.07, 6.45) is 4.96. The molecule has 3 atom stereocenters. The molecule has 2 N–H and O–H groups in total. The van der Waals surface area contributed by atoms with E-state index in [9.17, 15) is 9.59 Å². The third kappa shape index (κ3) is 4.98. The molecule has 1 saturated carbocycles. The van der Waals surface area contributed by atoms with Gasteiger partial charge in [-0.25, -0.2) is 0 Å². The average molecular weight is 449 g/mol. The lowest BCUT2D eigenvalue weighted by Gasteiger charge is -2.44. The summed E-state index contributed by atoms with van der Waals surface area (Å²) in [5.41, 5.74) is 2.41. The van der Waals surface area contributed by atoms with Crippen LogP contribution in [0.4, 0.5) is 5.69 Å². The summed E-state index contributed by atoms with van der Waals surface area (Å²) in [5, 5.41) is 6.46. The SMILES string of the molecule is CC(C)(C)OC(=O)CNCCC(c1ccccc1)C1CCCCC12C(=O)Nc1ccccc12. The number of esters is 1. The second-order valence-electron chi connectivity index (χ2n) is 10.4. The molecule has 5 heteroatoms. The van der Waals surface area contributed by atoms with Crippen molar-refractivity contribution in [1.29, 1.82) is 0 Å². The maximum atomic E-state index is 13.5. The molecule has 0 aromatic heterocycles. The van der Waals surface area contributed by atoms with Crippen molar-refractivity contribution in [3.63, 3.8) is 0 Å². The van der Waals surface area contributed by atoms with Crippen LogP contribution in [0.1, 0.15) is 69.9 Å². The zero-order valence-electron chi connectivity index (χ0n) is 20.0. The summed E-state index contributed by atoms with van der Waals surface area (Å²) in [7, 11) is 0. The first kappa shape index (κ1) is 23.5. The number of rotatable bonds is 7. The summed E-state index contributed by atoms with van der Waals surface area (Å²) in [5.74, 6) is 0.336. The Labute approximate surface area is 197 Å². The Morgan fingerprint density at radius 3 is 2.61 bits per heavy atom. The summed E-state index contributed by atoms with van der Waals surface area (Å²) < 4.78 is 5.42. The number of ether oxygens (including phenoxy) is 1. The number of para-hydroxylation sites is 1. The molecule has 5 nitrogen and oxygen atoms in total. The molecule has 0 bridgehead atoms. The van der Waals surface area contributed by atoms with Gasteiger partial charge in [0.05, 0.1) is 12.0 Å². The van der Waals surface area contributed by atoms with Gasteiger partial charge in [0.2, 0.25) is 5.91 Å². The van der Waals surface area contributed by atoms with Crippen molar-refractivity contribution in [2.75, 3.05) is 18.4 Å². The van der Waals surface area contributed by atoms with Crippen molar-refractivity contribution < 1.29 is 14.3 Å². The van der Waals surface area contributed by atoms with E-state index in [1.54, 1.807) is 0 Å². The van der Waals surface area contributed by atoms with E-state index in [0.29, 0.717) is 6.54 Å². The number of carbonyl (C=O) groups excluding carboxylic acids is 2. The minimum Gasteiger partial charge on any atom is -0.459 e. The van der Waals surface area contributed by atoms with Gasteiger partial charge in [0.15, 0.2) is 0 Å². The molecule has 1 aliphatic heterocycles. The van der Waals surface area contributed by atoms with Gasteiger partial charge in [-0.2, -0.15) is 0 Å². The Bertz CT molecular complexity index is 982. The highest BCUT2D eigenvalue weighted by Gasteiger charge is 2.55. The first-order valence-electron chi connectivity index (χ1n) is 12.2. The van der Waals surface area contributed by atoms with Gasteiger partial charge in [-0.05, 0) is 75.6 Å². The standard InChI is InChI=1S/C28H36N2O3/c1-27(2,3)33-25(31)19-29-18-16-21(20-11-5-4-6-12-20)22-13-9-10-17-28(22)23-14-7-8-15-24(23)30-26(28)32/h4-8,11-12,14-15,21-22,29H,9-10,13,16-19H2,1-3H3,(H,30,32). The van der Waals surface area contributed by atoms with Crippen molar-refractivity contribution in [3.05, 3.63) is 65.7 Å². The third-order valence-corrected chi connectivity index (χ3v) is 7.07. The molecule has 1 aliphatic carbocycles. The Balaban J connectivity index is 1.57. The van der Waals surface area contributed by atoms with Crippen LogP contribution in [0.5, 0.6) is 0 Å². The van der Waals surface area contributed by atoms with E-state index in [1.165, 1.54) is 5.56 Å². The van der Waals surface area contributed by atoms with Crippen molar-refractivity contribution in [2.24, 2.45) is 5.92 Å². The topological polar surface area (TPSA) is 67.4 Å². The van der Waals surface area contributed by atoms with Gasteiger partial charge in [-0.15, -0.1) is 0 Å². The Kier molecular flexibility index (Phi) is 6.89. The normalized spacial score (nSPS) is 23.1. The van der Waals surface area contributed by atoms with Crippen LogP contribution >= 0.6 is 0 Å². The van der Waals surface area contributed by atoms with Crippen molar-refractivity contribution in [2.45, 2.75) is 69.8 Å². The lowest BCUT2D eigenvalue weighted by Crippen LogP contribution is -2.47. The van der Waals surface area contributed by atoms with Crippen LogP contribution in [0, 0.1) is 5.92 Å². The number of hydrogen-bond donors (Lipinski definition) is 2. The van der Waals surface area contributed by atoms with Crippen LogP contribution in [-0.4, -0.2) is 30.6 Å². The number of hydrogen-bond acceptors (Lipinski definition) is 4. The Morgan fingerprint density at radius 1 is 1.12 bits per heavy atom. The van der Waals surface area contributed by atoms with Crippen LogP contribution in [0.3, 0.4) is 0 Å².